The van der Waals surface area contributed by atoms with Crippen molar-refractivity contribution in [1.82, 2.24) is 0 Å². The van der Waals surface area contributed by atoms with Crippen molar-refractivity contribution in [2.45, 2.75) is 255 Å². The van der Waals surface area contributed by atoms with Crippen LogP contribution in [0, 0.1) is 16.7 Å². The van der Waals surface area contributed by atoms with Gasteiger partial charge in [-0.15, -0.1) is 11.6 Å². The molecular weight excluding hydrogens is 1250 g/mol. The van der Waals surface area contributed by atoms with Gasteiger partial charge >= 0.3 is 0 Å². The van der Waals surface area contributed by atoms with Gasteiger partial charge in [0.1, 0.15) is 24.4 Å². The average Bonchev–Trinajstić information content (AvgIpc) is 1.28. The number of ether oxygens (including phenoxy) is 16. The van der Waals surface area contributed by atoms with Gasteiger partial charge in [0.15, 0.2) is 5.79 Å². The third kappa shape index (κ3) is 74.4. The standard InChI is InChI=1S/C18H36O5.C15H32O5.2C12H26O5.C5H12S.C4H10S.C2H6.CH3Cl/c1-16(2,3)15(13-19-8)23-17(4,5)9-10-20-11-14-12-21-18(6,7)22-14;1-14(2,3)13(11-18-6)20-15(4,5)7-8-19-10-12(17)9-16;2*1-12(2,5-6-13)17-11(9-15-4)10-16-8-7-14-3;1-5(2)3-4-6;1-2-3-4-5;2*1-2/h14-15H,9-13H2,1-8H3;12-13,16-17H,7-11H2,1-6H3;2*11,13H,5-10H2,1-4H3;5-6H,3-4H2,1-2H3;5H,2-4H2,1H3;1-2H3;1H3. The summed E-state index contributed by atoms with van der Waals surface area (Å²) in [4.78, 5) is 0. The molecule has 6 unspecified atom stereocenters. The van der Waals surface area contributed by atoms with Gasteiger partial charge in [-0.3, -0.25) is 0 Å². The van der Waals surface area contributed by atoms with Gasteiger partial charge in [-0.05, 0) is 136 Å². The van der Waals surface area contributed by atoms with E-state index < -0.39 is 11.9 Å². The van der Waals surface area contributed by atoms with Gasteiger partial charge in [0, 0.05) is 75.5 Å². The highest BCUT2D eigenvalue weighted by Crippen LogP contribution is 2.30. The molecule has 566 valence electrons. The number of hydrogen-bond donors (Lipinski definition) is 6. The minimum absolute atomic E-state index is 0.00121. The number of methoxy groups -OCH3 is 6. The van der Waals surface area contributed by atoms with E-state index in [2.05, 4.69) is 113 Å². The molecule has 1 heterocycles. The fourth-order valence-corrected chi connectivity index (χ4v) is 8.21. The van der Waals surface area contributed by atoms with Crippen molar-refractivity contribution in [3.8, 4) is 0 Å². The molecule has 0 radical (unpaired) electrons. The lowest BCUT2D eigenvalue weighted by atomic mass is 9.88. The van der Waals surface area contributed by atoms with Crippen LogP contribution in [0.25, 0.3) is 0 Å². The molecule has 0 saturated carbocycles. The first kappa shape index (κ1) is 106. The van der Waals surface area contributed by atoms with Crippen LogP contribution in [0.3, 0.4) is 0 Å². The second-order valence-electron chi connectivity index (χ2n) is 27.3. The summed E-state index contributed by atoms with van der Waals surface area (Å²) in [5, 5.41) is 35.7. The van der Waals surface area contributed by atoms with E-state index in [1.165, 1.54) is 25.6 Å². The van der Waals surface area contributed by atoms with E-state index in [9.17, 15) is 5.11 Å². The fraction of sp³-hybridized carbons (Fsp3) is 1.00. The van der Waals surface area contributed by atoms with Crippen molar-refractivity contribution in [2.24, 2.45) is 16.7 Å². The van der Waals surface area contributed by atoms with E-state index in [4.69, 9.17) is 91.1 Å². The van der Waals surface area contributed by atoms with Gasteiger partial charge < -0.3 is 96.2 Å². The Balaban J connectivity index is -0.000000196. The Hall–Kier alpha value is 0.190. The third-order valence-corrected chi connectivity index (χ3v) is 13.4. The quantitative estimate of drug-likeness (QED) is 0.0189. The number of hydrogen-bond acceptors (Lipinski definition) is 22. The van der Waals surface area contributed by atoms with Crippen molar-refractivity contribution in [2.75, 3.05) is 179 Å². The van der Waals surface area contributed by atoms with E-state index in [1.807, 2.05) is 69.2 Å². The van der Waals surface area contributed by atoms with E-state index in [1.54, 1.807) is 42.7 Å². The number of unbranched alkanes of at least 4 members (excludes halogenated alkanes) is 1. The molecule has 0 spiro atoms. The topological polar surface area (TPSA) is 229 Å². The van der Waals surface area contributed by atoms with Gasteiger partial charge in [0.2, 0.25) is 0 Å². The first-order valence-electron chi connectivity index (χ1n) is 33.2. The molecule has 1 fully saturated rings. The molecule has 20 nitrogen and oxygen atoms in total. The van der Waals surface area contributed by atoms with Crippen molar-refractivity contribution in [3.05, 3.63) is 0 Å². The number of alkyl halides is 1. The van der Waals surface area contributed by atoms with Crippen LogP contribution >= 0.6 is 36.9 Å². The fourth-order valence-electron chi connectivity index (χ4n) is 7.37. The van der Waals surface area contributed by atoms with E-state index >= 15 is 0 Å². The first-order chi connectivity index (χ1) is 42.9. The van der Waals surface area contributed by atoms with E-state index in [-0.39, 0.29) is 90.2 Å². The number of rotatable bonds is 45. The Labute approximate surface area is 581 Å². The lowest BCUT2D eigenvalue weighted by Gasteiger charge is -2.37. The zero-order chi connectivity index (χ0) is 72.9. The number of halogens is 1. The summed E-state index contributed by atoms with van der Waals surface area (Å²) in [6.45, 7) is 50.9. The van der Waals surface area contributed by atoms with Crippen LogP contribution in [0.4, 0.5) is 0 Å². The predicted octanol–water partition coefficient (Wildman–Crippen LogP) is 12.2. The summed E-state index contributed by atoms with van der Waals surface area (Å²) in [7, 11) is 9.92. The molecule has 4 N–H and O–H groups in total. The van der Waals surface area contributed by atoms with Crippen molar-refractivity contribution in [3.63, 3.8) is 0 Å². The van der Waals surface area contributed by atoms with Crippen LogP contribution in [0.2, 0.25) is 0 Å². The average molecular weight is 1400 g/mol. The van der Waals surface area contributed by atoms with Gasteiger partial charge in [-0.25, -0.2) is 0 Å². The smallest absolute Gasteiger partial charge is 0.163 e. The number of thiol groups is 2. The zero-order valence-electron chi connectivity index (χ0n) is 64.2. The molecule has 0 aromatic carbocycles. The zero-order valence-corrected chi connectivity index (χ0v) is 66.8. The molecule has 23 heteroatoms. The summed E-state index contributed by atoms with van der Waals surface area (Å²) < 4.78 is 87.8. The Kier molecular flexibility index (Phi) is 75.5. The van der Waals surface area contributed by atoms with E-state index in [0.29, 0.717) is 112 Å². The maximum Gasteiger partial charge on any atom is 0.163 e. The lowest BCUT2D eigenvalue weighted by Crippen LogP contribution is -2.41. The summed E-state index contributed by atoms with van der Waals surface area (Å²) in [6.07, 6.45) is 6.95. The Bertz CT molecular complexity index is 1440. The minimum Gasteiger partial charge on any atom is -0.396 e. The molecule has 1 aliphatic heterocycles. The summed E-state index contributed by atoms with van der Waals surface area (Å²) in [6, 6.07) is 0. The first-order valence-corrected chi connectivity index (χ1v) is 35.3. The molecular formula is C69H151ClO20S2. The molecule has 0 aromatic rings. The Morgan fingerprint density at radius 3 is 1.13 bits per heavy atom. The van der Waals surface area contributed by atoms with Crippen molar-refractivity contribution < 1.29 is 96.2 Å². The second-order valence-corrected chi connectivity index (χ2v) is 28.2. The van der Waals surface area contributed by atoms with Crippen LogP contribution in [0.1, 0.15) is 190 Å². The maximum atomic E-state index is 9.19. The largest absolute Gasteiger partial charge is 0.396 e. The van der Waals surface area contributed by atoms with Gasteiger partial charge in [-0.1, -0.05) is 82.6 Å². The molecule has 1 rings (SSSR count). The highest BCUT2D eigenvalue weighted by atomic mass is 35.5. The highest BCUT2D eigenvalue weighted by Gasteiger charge is 2.35. The summed E-state index contributed by atoms with van der Waals surface area (Å²) >= 11 is 12.7. The monoisotopic (exact) mass is 1400 g/mol. The third-order valence-electron chi connectivity index (χ3n) is 12.9. The SMILES string of the molecule is CC.CC(C)CCS.CCCCS.CCl.COCC(OC(C)(C)CCOCC(O)CO)C(C)(C)C.COCC(OC(C)(C)CCOCC1COC(C)(C)O1)C(C)(C)C.COCCOCC(COC)OC(C)(C)CCO.COCCOCC(COC)OC(C)(C)CCO. The summed E-state index contributed by atoms with van der Waals surface area (Å²) in [5.41, 5.74) is -1.30. The van der Waals surface area contributed by atoms with Crippen LogP contribution in [0.15, 0.2) is 0 Å². The van der Waals surface area contributed by atoms with Crippen LogP contribution in [-0.2, 0) is 75.8 Å². The molecule has 0 bridgehead atoms. The normalized spacial score (nSPS) is 15.7. The minimum atomic E-state index is -0.810. The van der Waals surface area contributed by atoms with Gasteiger partial charge in [0.05, 0.1) is 127 Å². The molecule has 1 aliphatic rings. The highest BCUT2D eigenvalue weighted by molar-refractivity contribution is 7.80. The number of aliphatic hydroxyl groups excluding tert-OH is 4. The van der Waals surface area contributed by atoms with Crippen molar-refractivity contribution in [1.29, 1.82) is 0 Å². The molecule has 0 aliphatic carbocycles. The lowest BCUT2D eigenvalue weighted by molar-refractivity contribution is -0.153. The van der Waals surface area contributed by atoms with Crippen LogP contribution in [0.5, 0.6) is 0 Å². The predicted molar refractivity (Wildman–Crippen MR) is 385 cm³/mol. The Morgan fingerprint density at radius 2 is 0.870 bits per heavy atom. The van der Waals surface area contributed by atoms with Gasteiger partial charge in [0.25, 0.3) is 0 Å². The van der Waals surface area contributed by atoms with Crippen LogP contribution in [-0.4, -0.2) is 265 Å². The molecule has 92 heavy (non-hydrogen) atoms. The Morgan fingerprint density at radius 1 is 0.500 bits per heavy atom. The molecule has 0 aromatic heterocycles. The molecule has 0 amide bonds. The maximum absolute atomic E-state index is 9.19. The summed E-state index contributed by atoms with van der Waals surface area (Å²) in [5.74, 6) is 2.40. The molecule has 1 saturated heterocycles. The van der Waals surface area contributed by atoms with Crippen LogP contribution < -0.4 is 0 Å². The second kappa shape index (κ2) is 65.8. The molecule has 6 atom stereocenters. The van der Waals surface area contributed by atoms with E-state index in [0.717, 1.165) is 23.8 Å². The van der Waals surface area contributed by atoms with Crippen molar-refractivity contribution >= 4 is 36.9 Å². The number of aliphatic hydroxyl groups is 4. The van der Waals surface area contributed by atoms with Gasteiger partial charge in [-0.2, -0.15) is 25.3 Å².